The van der Waals surface area contributed by atoms with Crippen LogP contribution in [0.5, 0.6) is 0 Å². The molecule has 0 spiro atoms. The van der Waals surface area contributed by atoms with Crippen LogP contribution >= 0.6 is 0 Å². The second-order valence-electron chi connectivity index (χ2n) is 8.01. The summed E-state index contributed by atoms with van der Waals surface area (Å²) in [5.74, 6) is 0. The lowest BCUT2D eigenvalue weighted by atomic mass is 9.83. The molecule has 21 heavy (non-hydrogen) atoms. The Kier molecular flexibility index (Phi) is 8.89. The molecule has 126 valence electrons. The molecule has 2 heteroatoms. The van der Waals surface area contributed by atoms with Crippen molar-refractivity contribution in [1.82, 2.24) is 10.2 Å². The van der Waals surface area contributed by atoms with Gasteiger partial charge in [0.25, 0.3) is 0 Å². The third kappa shape index (κ3) is 7.15. The number of hydrogen-bond acceptors (Lipinski definition) is 2. The Bertz CT molecular complexity index is 257. The highest BCUT2D eigenvalue weighted by Crippen LogP contribution is 2.27. The first kappa shape index (κ1) is 19.0. The molecular formula is C19H40N2. The van der Waals surface area contributed by atoms with Gasteiger partial charge in [0.05, 0.1) is 0 Å². The van der Waals surface area contributed by atoms with Crippen LogP contribution in [0.25, 0.3) is 0 Å². The highest BCUT2D eigenvalue weighted by atomic mass is 15.2. The van der Waals surface area contributed by atoms with Crippen LogP contribution in [0.4, 0.5) is 0 Å². The molecule has 1 N–H and O–H groups in total. The van der Waals surface area contributed by atoms with Crippen LogP contribution in [0.15, 0.2) is 0 Å². The van der Waals surface area contributed by atoms with E-state index in [-0.39, 0.29) is 0 Å². The van der Waals surface area contributed by atoms with Crippen LogP contribution in [-0.2, 0) is 0 Å². The minimum atomic E-state index is 0.382. The first-order valence-electron chi connectivity index (χ1n) is 9.46. The molecule has 0 saturated carbocycles. The van der Waals surface area contributed by atoms with E-state index in [2.05, 4.69) is 44.8 Å². The zero-order valence-corrected chi connectivity index (χ0v) is 15.4. The SMILES string of the molecule is CCCCCCCCCN1CC(CC)NCC1C(C)(C)C. The second kappa shape index (κ2) is 9.84. The standard InChI is InChI=1S/C19H40N2/c1-6-8-9-10-11-12-13-14-21-16-17(7-2)20-15-18(21)19(3,4)5/h17-18,20H,6-16H2,1-5H3. The van der Waals surface area contributed by atoms with Crippen LogP contribution in [0.2, 0.25) is 0 Å². The molecule has 0 aromatic heterocycles. The molecule has 0 aromatic rings. The quantitative estimate of drug-likeness (QED) is 0.613. The molecule has 1 heterocycles. The van der Waals surface area contributed by atoms with Gasteiger partial charge in [0.2, 0.25) is 0 Å². The number of piperazine rings is 1. The Hall–Kier alpha value is -0.0800. The van der Waals surface area contributed by atoms with E-state index in [0.717, 1.165) is 0 Å². The van der Waals surface area contributed by atoms with E-state index in [1.165, 1.54) is 71.0 Å². The van der Waals surface area contributed by atoms with Gasteiger partial charge in [0, 0.05) is 25.2 Å². The van der Waals surface area contributed by atoms with E-state index in [0.29, 0.717) is 17.5 Å². The minimum absolute atomic E-state index is 0.382. The Morgan fingerprint density at radius 2 is 1.57 bits per heavy atom. The lowest BCUT2D eigenvalue weighted by molar-refractivity contribution is 0.0534. The van der Waals surface area contributed by atoms with Crippen molar-refractivity contribution in [2.45, 2.75) is 98.1 Å². The number of hydrogen-bond donors (Lipinski definition) is 1. The predicted molar refractivity (Wildman–Crippen MR) is 94.9 cm³/mol. The summed E-state index contributed by atoms with van der Waals surface area (Å²) in [6.07, 6.45) is 11.1. The number of nitrogens with one attached hydrogen (secondary N) is 1. The van der Waals surface area contributed by atoms with Crippen molar-refractivity contribution < 1.29 is 0 Å². The largest absolute Gasteiger partial charge is 0.311 e. The van der Waals surface area contributed by atoms with Gasteiger partial charge in [0.1, 0.15) is 0 Å². The van der Waals surface area contributed by atoms with Crippen LogP contribution < -0.4 is 5.32 Å². The van der Waals surface area contributed by atoms with E-state index in [9.17, 15) is 0 Å². The van der Waals surface area contributed by atoms with Gasteiger partial charge < -0.3 is 5.32 Å². The topological polar surface area (TPSA) is 15.3 Å². The molecule has 2 nitrogen and oxygen atoms in total. The molecule has 0 radical (unpaired) electrons. The highest BCUT2D eigenvalue weighted by molar-refractivity contribution is 4.91. The van der Waals surface area contributed by atoms with Crippen molar-refractivity contribution in [3.63, 3.8) is 0 Å². The molecule has 0 amide bonds. The molecule has 2 atom stereocenters. The van der Waals surface area contributed by atoms with Crippen molar-refractivity contribution >= 4 is 0 Å². The fraction of sp³-hybridized carbons (Fsp3) is 1.00. The third-order valence-corrected chi connectivity index (χ3v) is 5.04. The van der Waals surface area contributed by atoms with E-state index in [4.69, 9.17) is 0 Å². The van der Waals surface area contributed by atoms with Crippen molar-refractivity contribution in [3.05, 3.63) is 0 Å². The third-order valence-electron chi connectivity index (χ3n) is 5.04. The smallest absolute Gasteiger partial charge is 0.0269 e. The average Bonchev–Trinajstić information content (AvgIpc) is 2.45. The zero-order valence-electron chi connectivity index (χ0n) is 15.4. The molecule has 1 rings (SSSR count). The summed E-state index contributed by atoms with van der Waals surface area (Å²) in [5.41, 5.74) is 0.382. The summed E-state index contributed by atoms with van der Waals surface area (Å²) in [6, 6.07) is 1.40. The predicted octanol–water partition coefficient (Wildman–Crippen LogP) is 4.84. The first-order valence-corrected chi connectivity index (χ1v) is 9.46. The van der Waals surface area contributed by atoms with Crippen LogP contribution in [0.3, 0.4) is 0 Å². The van der Waals surface area contributed by atoms with Crippen LogP contribution in [0.1, 0.15) is 86.0 Å². The summed E-state index contributed by atoms with van der Waals surface area (Å²) >= 11 is 0. The summed E-state index contributed by atoms with van der Waals surface area (Å²) in [4.78, 5) is 2.77. The van der Waals surface area contributed by atoms with Gasteiger partial charge in [0.15, 0.2) is 0 Å². The van der Waals surface area contributed by atoms with Gasteiger partial charge in [-0.15, -0.1) is 0 Å². The number of rotatable bonds is 9. The Balaban J connectivity index is 2.30. The van der Waals surface area contributed by atoms with Gasteiger partial charge in [-0.05, 0) is 24.8 Å². The molecule has 0 aromatic carbocycles. The van der Waals surface area contributed by atoms with Gasteiger partial charge in [-0.3, -0.25) is 4.90 Å². The highest BCUT2D eigenvalue weighted by Gasteiger charge is 2.34. The van der Waals surface area contributed by atoms with Crippen molar-refractivity contribution in [3.8, 4) is 0 Å². The van der Waals surface area contributed by atoms with E-state index in [1.54, 1.807) is 0 Å². The van der Waals surface area contributed by atoms with Crippen molar-refractivity contribution in [1.29, 1.82) is 0 Å². The maximum Gasteiger partial charge on any atom is 0.0269 e. The molecule has 0 bridgehead atoms. The maximum atomic E-state index is 3.74. The van der Waals surface area contributed by atoms with E-state index >= 15 is 0 Å². The van der Waals surface area contributed by atoms with Gasteiger partial charge in [-0.2, -0.15) is 0 Å². The minimum Gasteiger partial charge on any atom is -0.311 e. The number of nitrogens with zero attached hydrogens (tertiary/aromatic N) is 1. The summed E-state index contributed by atoms with van der Waals surface area (Å²) < 4.78 is 0. The fourth-order valence-corrected chi connectivity index (χ4v) is 3.53. The molecule has 2 unspecified atom stereocenters. The number of unbranched alkanes of at least 4 members (excludes halogenated alkanes) is 6. The Labute approximate surface area is 134 Å². The maximum absolute atomic E-state index is 3.74. The van der Waals surface area contributed by atoms with Gasteiger partial charge >= 0.3 is 0 Å². The Morgan fingerprint density at radius 1 is 0.952 bits per heavy atom. The summed E-state index contributed by atoms with van der Waals surface area (Å²) in [5, 5.41) is 3.74. The second-order valence-corrected chi connectivity index (χ2v) is 8.01. The van der Waals surface area contributed by atoms with Crippen LogP contribution in [0, 0.1) is 5.41 Å². The monoisotopic (exact) mass is 296 g/mol. The summed E-state index contributed by atoms with van der Waals surface area (Å²) in [7, 11) is 0. The molecule has 1 aliphatic rings. The average molecular weight is 297 g/mol. The first-order chi connectivity index (χ1) is 9.99. The molecule has 1 fully saturated rings. The molecule has 1 aliphatic heterocycles. The lowest BCUT2D eigenvalue weighted by Crippen LogP contribution is -2.60. The van der Waals surface area contributed by atoms with Gasteiger partial charge in [-0.1, -0.05) is 73.1 Å². The van der Waals surface area contributed by atoms with E-state index in [1.807, 2.05) is 0 Å². The zero-order chi connectivity index (χ0) is 15.7. The van der Waals surface area contributed by atoms with E-state index < -0.39 is 0 Å². The Morgan fingerprint density at radius 3 is 2.14 bits per heavy atom. The summed E-state index contributed by atoms with van der Waals surface area (Å²) in [6.45, 7) is 15.5. The van der Waals surface area contributed by atoms with Crippen molar-refractivity contribution in [2.75, 3.05) is 19.6 Å². The fourth-order valence-electron chi connectivity index (χ4n) is 3.53. The lowest BCUT2D eigenvalue weighted by Gasteiger charge is -2.46. The van der Waals surface area contributed by atoms with Crippen molar-refractivity contribution in [2.24, 2.45) is 5.41 Å². The molecule has 1 saturated heterocycles. The molecule has 0 aliphatic carbocycles. The van der Waals surface area contributed by atoms with Gasteiger partial charge in [-0.25, -0.2) is 0 Å². The van der Waals surface area contributed by atoms with Crippen LogP contribution in [-0.4, -0.2) is 36.6 Å². The molecular weight excluding hydrogens is 256 g/mol. The normalized spacial score (nSPS) is 24.4.